The molecule has 1 aliphatic rings. The van der Waals surface area contributed by atoms with Crippen LogP contribution < -0.4 is 0 Å². The van der Waals surface area contributed by atoms with E-state index in [2.05, 4.69) is 41.2 Å². The van der Waals surface area contributed by atoms with Crippen LogP contribution in [0.3, 0.4) is 0 Å². The van der Waals surface area contributed by atoms with Crippen molar-refractivity contribution in [3.8, 4) is 11.4 Å². The molecule has 0 amide bonds. The van der Waals surface area contributed by atoms with E-state index in [1.165, 1.54) is 10.6 Å². The minimum absolute atomic E-state index is 0.573. The van der Waals surface area contributed by atoms with Crippen LogP contribution in [0.2, 0.25) is 0 Å². The van der Waals surface area contributed by atoms with Gasteiger partial charge in [-0.3, -0.25) is 0 Å². The fourth-order valence-corrected chi connectivity index (χ4v) is 3.20. The molecule has 1 aromatic carbocycles. The minimum Gasteiger partial charge on any atom is -0.376 e. The van der Waals surface area contributed by atoms with E-state index < -0.39 is 0 Å². The lowest BCUT2D eigenvalue weighted by molar-refractivity contribution is 0.108. The maximum absolute atomic E-state index is 5.44. The number of rotatable bonds is 3. The van der Waals surface area contributed by atoms with Gasteiger partial charge in [-0.2, -0.15) is 0 Å². The van der Waals surface area contributed by atoms with Crippen LogP contribution in [0, 0.1) is 4.64 Å². The molecule has 0 saturated carbocycles. The number of thioether (sulfide) groups is 1. The number of aromatic amines is 1. The smallest absolute Gasteiger partial charge is 0.139 e. The Kier molecular flexibility index (Phi) is 4.19. The van der Waals surface area contributed by atoms with Crippen molar-refractivity contribution in [3.63, 3.8) is 0 Å². The van der Waals surface area contributed by atoms with Crippen molar-refractivity contribution in [2.45, 2.75) is 24.8 Å². The molecule has 0 aliphatic carbocycles. The summed E-state index contributed by atoms with van der Waals surface area (Å²) in [6.07, 6.45) is 0.873. The average Bonchev–Trinajstić information content (AvgIpc) is 2.48. The zero-order valence-electron chi connectivity index (χ0n) is 11.3. The molecule has 2 aromatic rings. The van der Waals surface area contributed by atoms with Crippen molar-refractivity contribution in [1.29, 1.82) is 0 Å². The molecule has 0 atom stereocenters. The summed E-state index contributed by atoms with van der Waals surface area (Å²) in [7, 11) is 0. The van der Waals surface area contributed by atoms with E-state index in [1.54, 1.807) is 0 Å². The first-order chi connectivity index (χ1) is 9.78. The van der Waals surface area contributed by atoms with Gasteiger partial charge in [-0.25, -0.2) is 4.98 Å². The van der Waals surface area contributed by atoms with Gasteiger partial charge in [-0.05, 0) is 17.9 Å². The second-order valence-electron chi connectivity index (χ2n) is 4.61. The maximum Gasteiger partial charge on any atom is 0.139 e. The lowest BCUT2D eigenvalue weighted by Crippen LogP contribution is -2.14. The first kappa shape index (κ1) is 13.8. The zero-order valence-corrected chi connectivity index (χ0v) is 12.9. The topological polar surface area (TPSA) is 37.9 Å². The monoisotopic (exact) mass is 304 g/mol. The number of nitrogens with one attached hydrogen (secondary N) is 1. The summed E-state index contributed by atoms with van der Waals surface area (Å²) >= 11 is 7.22. The molecule has 3 rings (SSSR count). The van der Waals surface area contributed by atoms with Crippen molar-refractivity contribution in [3.05, 3.63) is 40.2 Å². The van der Waals surface area contributed by atoms with Gasteiger partial charge in [0.15, 0.2) is 0 Å². The molecule has 20 heavy (non-hydrogen) atoms. The second-order valence-corrected chi connectivity index (χ2v) is 6.33. The zero-order chi connectivity index (χ0) is 13.9. The Balaban J connectivity index is 1.97. The Morgan fingerprint density at radius 3 is 2.90 bits per heavy atom. The highest BCUT2D eigenvalue weighted by Gasteiger charge is 2.14. The molecule has 1 N–H and O–H groups in total. The summed E-state index contributed by atoms with van der Waals surface area (Å²) < 4.78 is 6.09. The largest absolute Gasteiger partial charge is 0.376 e. The molecule has 104 valence electrons. The Morgan fingerprint density at radius 2 is 2.15 bits per heavy atom. The van der Waals surface area contributed by atoms with Gasteiger partial charge in [-0.15, -0.1) is 11.8 Å². The molecule has 0 fully saturated rings. The Bertz CT molecular complexity index is 665. The van der Waals surface area contributed by atoms with E-state index in [0.29, 0.717) is 11.2 Å². The van der Waals surface area contributed by atoms with Gasteiger partial charge in [0.25, 0.3) is 0 Å². The highest BCUT2D eigenvalue weighted by molar-refractivity contribution is 7.99. The van der Waals surface area contributed by atoms with Crippen molar-refractivity contribution in [1.82, 2.24) is 9.97 Å². The first-order valence-electron chi connectivity index (χ1n) is 6.71. The lowest BCUT2D eigenvalue weighted by Gasteiger charge is -2.17. The van der Waals surface area contributed by atoms with Crippen molar-refractivity contribution in [2.75, 3.05) is 12.4 Å². The third-order valence-electron chi connectivity index (χ3n) is 3.29. The predicted octanol–water partition coefficient (Wildman–Crippen LogP) is 3.99. The van der Waals surface area contributed by atoms with Crippen LogP contribution in [0.15, 0.2) is 29.2 Å². The van der Waals surface area contributed by atoms with E-state index >= 15 is 0 Å². The average molecular weight is 304 g/mol. The van der Waals surface area contributed by atoms with Gasteiger partial charge in [0, 0.05) is 28.1 Å². The third kappa shape index (κ3) is 2.80. The highest BCUT2D eigenvalue weighted by atomic mass is 32.2. The molecule has 0 bridgehead atoms. The molecule has 1 aliphatic heterocycles. The van der Waals surface area contributed by atoms with Crippen LogP contribution in [0.5, 0.6) is 0 Å². The summed E-state index contributed by atoms with van der Waals surface area (Å²) in [6.45, 7) is 3.47. The van der Waals surface area contributed by atoms with Crippen LogP contribution in [0.1, 0.15) is 18.2 Å². The summed E-state index contributed by atoms with van der Waals surface area (Å²) in [5.74, 6) is 1.93. The molecule has 0 spiro atoms. The highest BCUT2D eigenvalue weighted by Crippen LogP contribution is 2.24. The van der Waals surface area contributed by atoms with Crippen molar-refractivity contribution in [2.24, 2.45) is 0 Å². The summed E-state index contributed by atoms with van der Waals surface area (Å²) in [4.78, 5) is 9.19. The van der Waals surface area contributed by atoms with E-state index in [1.807, 2.05) is 11.8 Å². The number of fused-ring (bicyclic) bond motifs is 1. The summed E-state index contributed by atoms with van der Waals surface area (Å²) in [5.41, 5.74) is 3.28. The molecule has 0 saturated heterocycles. The Hall–Kier alpha value is -1.17. The maximum atomic E-state index is 5.44. The van der Waals surface area contributed by atoms with Crippen LogP contribution in [-0.2, 0) is 17.8 Å². The van der Waals surface area contributed by atoms with Gasteiger partial charge in [0.1, 0.15) is 10.5 Å². The number of nitrogens with zero attached hydrogens (tertiary/aromatic N) is 1. The van der Waals surface area contributed by atoms with Crippen LogP contribution in [0.25, 0.3) is 11.4 Å². The van der Waals surface area contributed by atoms with Crippen LogP contribution in [0.4, 0.5) is 0 Å². The molecular weight excluding hydrogens is 288 g/mol. The number of ether oxygens (including phenoxy) is 1. The predicted molar refractivity (Wildman–Crippen MR) is 84.6 cm³/mol. The van der Waals surface area contributed by atoms with E-state index in [9.17, 15) is 0 Å². The first-order valence-corrected chi connectivity index (χ1v) is 8.10. The second kappa shape index (κ2) is 6.08. The number of hydrogen-bond acceptors (Lipinski definition) is 4. The Labute approximate surface area is 127 Å². The van der Waals surface area contributed by atoms with Crippen LogP contribution >= 0.6 is 24.0 Å². The van der Waals surface area contributed by atoms with Gasteiger partial charge >= 0.3 is 0 Å². The Morgan fingerprint density at radius 1 is 1.35 bits per heavy atom. The molecule has 0 radical (unpaired) electrons. The summed E-state index contributed by atoms with van der Waals surface area (Å²) in [6, 6.07) is 8.45. The number of benzene rings is 1. The number of hydrogen-bond donors (Lipinski definition) is 1. The minimum atomic E-state index is 0.573. The van der Waals surface area contributed by atoms with E-state index in [0.717, 1.165) is 35.7 Å². The van der Waals surface area contributed by atoms with Gasteiger partial charge < -0.3 is 9.72 Å². The van der Waals surface area contributed by atoms with E-state index in [4.69, 9.17) is 17.0 Å². The molecule has 5 heteroatoms. The normalized spacial score (nSPS) is 14.1. The molecule has 1 aromatic heterocycles. The third-order valence-corrected chi connectivity index (χ3v) is 4.52. The van der Waals surface area contributed by atoms with Crippen LogP contribution in [-0.4, -0.2) is 22.3 Å². The lowest BCUT2D eigenvalue weighted by atomic mass is 10.1. The van der Waals surface area contributed by atoms with Gasteiger partial charge in [0.2, 0.25) is 0 Å². The fourth-order valence-electron chi connectivity index (χ4n) is 2.27. The summed E-state index contributed by atoms with van der Waals surface area (Å²) in [5, 5.41) is 0. The van der Waals surface area contributed by atoms with Gasteiger partial charge in [-0.1, -0.05) is 31.3 Å². The molecule has 2 heterocycles. The van der Waals surface area contributed by atoms with Crippen molar-refractivity contribution < 1.29 is 4.74 Å². The SMILES string of the molecule is CCSc1ccc(-c2nc(=S)c3c([nH]2)CCOC3)cc1. The molecule has 3 nitrogen and oxygen atoms in total. The standard InChI is InChI=1S/C15H16N2OS2/c1-2-20-11-5-3-10(4-6-11)14-16-13-7-8-18-9-12(13)15(19)17-14/h3-6H,2,7-9H2,1H3,(H,16,17,19). The molecular formula is C15H16N2OS2. The fraction of sp³-hybridized carbons (Fsp3) is 0.333. The number of H-pyrrole nitrogens is 1. The molecule has 0 unspecified atom stereocenters. The van der Waals surface area contributed by atoms with Crippen molar-refractivity contribution >= 4 is 24.0 Å². The van der Waals surface area contributed by atoms with E-state index in [-0.39, 0.29) is 0 Å². The van der Waals surface area contributed by atoms with Gasteiger partial charge in [0.05, 0.1) is 13.2 Å². The quantitative estimate of drug-likeness (QED) is 0.687. The number of aromatic nitrogens is 2.